The molecule has 5 heteroatoms. The van der Waals surface area contributed by atoms with Gasteiger partial charge in [-0.05, 0) is 25.2 Å². The van der Waals surface area contributed by atoms with E-state index in [-0.39, 0.29) is 18.6 Å². The molecule has 0 bridgehead atoms. The Labute approximate surface area is 109 Å². The Kier molecular flexibility index (Phi) is 5.95. The Bertz CT molecular complexity index is 288. The second-order valence-electron chi connectivity index (χ2n) is 5.11. The van der Waals surface area contributed by atoms with Crippen LogP contribution in [0.15, 0.2) is 0 Å². The van der Waals surface area contributed by atoms with Gasteiger partial charge in [-0.1, -0.05) is 26.2 Å². The largest absolute Gasteiger partial charge is 0.480 e. The highest BCUT2D eigenvalue weighted by Gasteiger charge is 2.25. The van der Waals surface area contributed by atoms with Crippen molar-refractivity contribution >= 4 is 12.0 Å². The summed E-state index contributed by atoms with van der Waals surface area (Å²) in [7, 11) is 1.51. The van der Waals surface area contributed by atoms with Gasteiger partial charge >= 0.3 is 12.0 Å². The van der Waals surface area contributed by atoms with Gasteiger partial charge in [0.1, 0.15) is 6.54 Å². The van der Waals surface area contributed by atoms with E-state index in [2.05, 4.69) is 12.2 Å². The van der Waals surface area contributed by atoms with Gasteiger partial charge in [-0.2, -0.15) is 0 Å². The first-order chi connectivity index (χ1) is 8.54. The van der Waals surface area contributed by atoms with Crippen molar-refractivity contribution in [1.29, 1.82) is 0 Å². The third-order valence-corrected chi connectivity index (χ3v) is 3.69. The normalized spacial score (nSPS) is 18.1. The lowest BCUT2D eigenvalue weighted by Crippen LogP contribution is -2.47. The molecule has 0 heterocycles. The van der Waals surface area contributed by atoms with Gasteiger partial charge in [0.05, 0.1) is 0 Å². The molecule has 0 aliphatic heterocycles. The molecule has 0 aromatic carbocycles. The number of hydrogen-bond acceptors (Lipinski definition) is 2. The summed E-state index contributed by atoms with van der Waals surface area (Å²) in [6.07, 6.45) is 7.00. The van der Waals surface area contributed by atoms with Crippen molar-refractivity contribution in [2.45, 2.75) is 51.5 Å². The van der Waals surface area contributed by atoms with Gasteiger partial charge in [0.25, 0.3) is 0 Å². The smallest absolute Gasteiger partial charge is 0.323 e. The zero-order valence-electron chi connectivity index (χ0n) is 11.3. The van der Waals surface area contributed by atoms with Crippen LogP contribution in [0.3, 0.4) is 0 Å². The molecular weight excluding hydrogens is 232 g/mol. The number of hydrogen-bond donors (Lipinski definition) is 2. The third kappa shape index (κ3) is 4.55. The summed E-state index contributed by atoms with van der Waals surface area (Å²) in [4.78, 5) is 23.6. The van der Waals surface area contributed by atoms with Crippen molar-refractivity contribution in [1.82, 2.24) is 10.2 Å². The number of nitrogens with zero attached hydrogens (tertiary/aromatic N) is 1. The molecule has 1 unspecified atom stereocenters. The lowest BCUT2D eigenvalue weighted by molar-refractivity contribution is -0.137. The number of carboxylic acid groups (broad SMARTS) is 1. The number of rotatable bonds is 5. The first-order valence-corrected chi connectivity index (χ1v) is 6.78. The number of carbonyl (C=O) groups excluding carboxylic acids is 1. The van der Waals surface area contributed by atoms with Crippen molar-refractivity contribution in [3.63, 3.8) is 0 Å². The molecule has 1 atom stereocenters. The Morgan fingerprint density at radius 2 is 1.94 bits per heavy atom. The van der Waals surface area contributed by atoms with Crippen molar-refractivity contribution in [2.75, 3.05) is 13.6 Å². The van der Waals surface area contributed by atoms with Crippen LogP contribution in [0.4, 0.5) is 4.79 Å². The Balaban J connectivity index is 2.46. The summed E-state index contributed by atoms with van der Waals surface area (Å²) in [5, 5.41) is 11.6. The van der Waals surface area contributed by atoms with Crippen LogP contribution in [0.25, 0.3) is 0 Å². The van der Waals surface area contributed by atoms with E-state index in [9.17, 15) is 9.59 Å². The van der Waals surface area contributed by atoms with E-state index < -0.39 is 5.97 Å². The molecule has 0 radical (unpaired) electrons. The number of likely N-dealkylation sites (N-methyl/N-ethyl adjacent to an activating group) is 1. The molecule has 18 heavy (non-hydrogen) atoms. The third-order valence-electron chi connectivity index (χ3n) is 3.69. The first-order valence-electron chi connectivity index (χ1n) is 6.78. The molecule has 0 aromatic rings. The van der Waals surface area contributed by atoms with Crippen LogP contribution in [-0.4, -0.2) is 41.6 Å². The maximum absolute atomic E-state index is 11.8. The van der Waals surface area contributed by atoms with Gasteiger partial charge in [-0.15, -0.1) is 0 Å². The minimum atomic E-state index is -0.988. The molecule has 0 aromatic heterocycles. The van der Waals surface area contributed by atoms with E-state index >= 15 is 0 Å². The minimum absolute atomic E-state index is 0.175. The van der Waals surface area contributed by atoms with Crippen LogP contribution < -0.4 is 5.32 Å². The Hall–Kier alpha value is -1.26. The monoisotopic (exact) mass is 256 g/mol. The van der Waals surface area contributed by atoms with Crippen LogP contribution in [0.2, 0.25) is 0 Å². The number of amides is 2. The van der Waals surface area contributed by atoms with Crippen LogP contribution >= 0.6 is 0 Å². The fraction of sp³-hybridized carbons (Fsp3) is 0.846. The second-order valence-corrected chi connectivity index (χ2v) is 5.11. The van der Waals surface area contributed by atoms with Crippen molar-refractivity contribution in [2.24, 2.45) is 5.92 Å². The molecule has 5 nitrogen and oxygen atoms in total. The van der Waals surface area contributed by atoms with Crippen LogP contribution in [-0.2, 0) is 4.79 Å². The van der Waals surface area contributed by atoms with Gasteiger partial charge in [0, 0.05) is 13.1 Å². The number of carbonyl (C=O) groups is 2. The Morgan fingerprint density at radius 3 is 2.44 bits per heavy atom. The molecule has 104 valence electrons. The Morgan fingerprint density at radius 1 is 1.33 bits per heavy atom. The van der Waals surface area contributed by atoms with Gasteiger partial charge in [0.15, 0.2) is 0 Å². The topological polar surface area (TPSA) is 69.6 Å². The summed E-state index contributed by atoms with van der Waals surface area (Å²) in [5.74, 6) is -0.440. The van der Waals surface area contributed by atoms with E-state index in [0.29, 0.717) is 5.92 Å². The molecule has 0 saturated heterocycles. The highest BCUT2D eigenvalue weighted by Crippen LogP contribution is 2.27. The quantitative estimate of drug-likeness (QED) is 0.791. The highest BCUT2D eigenvalue weighted by molar-refractivity contribution is 5.79. The lowest BCUT2D eigenvalue weighted by atomic mass is 9.83. The molecule has 0 spiro atoms. The average molecular weight is 256 g/mol. The standard InChI is InChI=1S/C13H24N2O3/c1-3-11(10-7-5-4-6-8-10)14-13(18)15(2)9-12(16)17/h10-11H,3-9H2,1-2H3,(H,14,18)(H,16,17). The molecule has 1 aliphatic carbocycles. The van der Waals surface area contributed by atoms with E-state index in [1.807, 2.05) is 0 Å². The predicted octanol–water partition coefficient (Wildman–Crippen LogP) is 2.07. The number of urea groups is 1. The fourth-order valence-corrected chi connectivity index (χ4v) is 2.63. The maximum atomic E-state index is 11.8. The van der Waals surface area contributed by atoms with Crippen molar-refractivity contribution < 1.29 is 14.7 Å². The van der Waals surface area contributed by atoms with Crippen LogP contribution in [0, 0.1) is 5.92 Å². The molecule has 1 rings (SSSR count). The zero-order chi connectivity index (χ0) is 13.5. The molecular formula is C13H24N2O3. The summed E-state index contributed by atoms with van der Waals surface area (Å²) < 4.78 is 0. The van der Waals surface area contributed by atoms with Crippen molar-refractivity contribution in [3.8, 4) is 0 Å². The van der Waals surface area contributed by atoms with Gasteiger partial charge in [-0.3, -0.25) is 4.79 Å². The fourth-order valence-electron chi connectivity index (χ4n) is 2.63. The average Bonchev–Trinajstić information content (AvgIpc) is 2.35. The van der Waals surface area contributed by atoms with Gasteiger partial charge in [0.2, 0.25) is 0 Å². The highest BCUT2D eigenvalue weighted by atomic mass is 16.4. The maximum Gasteiger partial charge on any atom is 0.323 e. The van der Waals surface area contributed by atoms with E-state index in [0.717, 1.165) is 6.42 Å². The molecule has 2 N–H and O–H groups in total. The number of carboxylic acids is 1. The molecule has 2 amide bonds. The number of aliphatic carboxylic acids is 1. The van der Waals surface area contributed by atoms with Gasteiger partial charge < -0.3 is 15.3 Å². The minimum Gasteiger partial charge on any atom is -0.480 e. The summed E-state index contributed by atoms with van der Waals surface area (Å²) in [6, 6.07) is -0.108. The lowest BCUT2D eigenvalue weighted by Gasteiger charge is -2.31. The molecule has 1 aliphatic rings. The first kappa shape index (κ1) is 14.8. The van der Waals surface area contributed by atoms with Crippen LogP contribution in [0.5, 0.6) is 0 Å². The summed E-state index contributed by atoms with van der Waals surface area (Å²) >= 11 is 0. The van der Waals surface area contributed by atoms with E-state index in [1.165, 1.54) is 44.1 Å². The molecule has 1 fully saturated rings. The number of nitrogens with one attached hydrogen (secondary N) is 1. The van der Waals surface area contributed by atoms with E-state index in [4.69, 9.17) is 5.11 Å². The molecule has 1 saturated carbocycles. The van der Waals surface area contributed by atoms with E-state index in [1.54, 1.807) is 0 Å². The summed E-state index contributed by atoms with van der Waals surface area (Å²) in [5.41, 5.74) is 0. The SMILES string of the molecule is CCC(NC(=O)N(C)CC(=O)O)C1CCCCC1. The summed E-state index contributed by atoms with van der Waals surface area (Å²) in [6.45, 7) is 1.81. The van der Waals surface area contributed by atoms with Crippen LogP contribution in [0.1, 0.15) is 45.4 Å². The second kappa shape index (κ2) is 7.24. The van der Waals surface area contributed by atoms with Crippen molar-refractivity contribution in [3.05, 3.63) is 0 Å². The zero-order valence-corrected chi connectivity index (χ0v) is 11.3. The predicted molar refractivity (Wildman–Crippen MR) is 69.5 cm³/mol. The van der Waals surface area contributed by atoms with Gasteiger partial charge in [-0.25, -0.2) is 4.79 Å².